The predicted octanol–water partition coefficient (Wildman–Crippen LogP) is 5.19. The van der Waals surface area contributed by atoms with Gasteiger partial charge >= 0.3 is 6.09 Å². The Balaban J connectivity index is 1.75. The van der Waals surface area contributed by atoms with E-state index in [1.165, 1.54) is 12.1 Å². The molecule has 0 spiro atoms. The highest BCUT2D eigenvalue weighted by atomic mass is 16.6. The summed E-state index contributed by atoms with van der Waals surface area (Å²) in [6, 6.07) is 21.6. The number of rotatable bonds is 9. The van der Waals surface area contributed by atoms with E-state index >= 15 is 0 Å². The molecule has 0 aliphatic heterocycles. The second-order valence-electron chi connectivity index (χ2n) is 8.12. The van der Waals surface area contributed by atoms with Gasteiger partial charge < -0.3 is 15.4 Å². The fourth-order valence-corrected chi connectivity index (χ4v) is 3.44. The van der Waals surface area contributed by atoms with Crippen LogP contribution in [0.4, 0.5) is 16.2 Å². The molecule has 176 valence electrons. The molecule has 0 fully saturated rings. The number of benzene rings is 3. The molecule has 0 aromatic heterocycles. The van der Waals surface area contributed by atoms with Crippen molar-refractivity contribution in [3.63, 3.8) is 0 Å². The second kappa shape index (κ2) is 11.6. The summed E-state index contributed by atoms with van der Waals surface area (Å²) in [5.41, 5.74) is 3.06. The number of nitro benzene ring substituents is 1. The fraction of sp³-hybridized carbons (Fsp3) is 0.231. The highest BCUT2D eigenvalue weighted by molar-refractivity contribution is 5.97. The summed E-state index contributed by atoms with van der Waals surface area (Å²) in [5.74, 6) is -0.225. The van der Waals surface area contributed by atoms with E-state index in [9.17, 15) is 19.7 Å². The van der Waals surface area contributed by atoms with Crippen molar-refractivity contribution in [3.8, 4) is 0 Å². The van der Waals surface area contributed by atoms with E-state index in [1.807, 2.05) is 68.4 Å². The lowest BCUT2D eigenvalue weighted by Crippen LogP contribution is -2.45. The van der Waals surface area contributed by atoms with Gasteiger partial charge in [-0.25, -0.2) is 4.79 Å². The van der Waals surface area contributed by atoms with Gasteiger partial charge in [0.2, 0.25) is 5.91 Å². The lowest BCUT2D eigenvalue weighted by molar-refractivity contribution is -0.384. The van der Waals surface area contributed by atoms with Gasteiger partial charge in [0.15, 0.2) is 0 Å². The van der Waals surface area contributed by atoms with Crippen molar-refractivity contribution in [2.24, 2.45) is 0 Å². The van der Waals surface area contributed by atoms with Gasteiger partial charge in [0.05, 0.1) is 4.92 Å². The number of hydrogen-bond acceptors (Lipinski definition) is 5. The molecule has 0 bridgehead atoms. The van der Waals surface area contributed by atoms with Gasteiger partial charge in [0.25, 0.3) is 5.69 Å². The molecule has 3 aromatic carbocycles. The van der Waals surface area contributed by atoms with Crippen molar-refractivity contribution in [1.29, 1.82) is 0 Å². The molecule has 0 saturated heterocycles. The van der Waals surface area contributed by atoms with Crippen molar-refractivity contribution in [2.75, 3.05) is 5.32 Å². The molecule has 3 aromatic rings. The van der Waals surface area contributed by atoms with Crippen molar-refractivity contribution < 1.29 is 19.2 Å². The topological polar surface area (TPSA) is 111 Å². The van der Waals surface area contributed by atoms with E-state index in [4.69, 9.17) is 4.74 Å². The molecule has 34 heavy (non-hydrogen) atoms. The first-order chi connectivity index (χ1) is 16.3. The zero-order valence-corrected chi connectivity index (χ0v) is 19.1. The Morgan fingerprint density at radius 2 is 1.56 bits per heavy atom. The maximum absolute atomic E-state index is 13.2. The number of anilines is 1. The molecule has 2 N–H and O–H groups in total. The Morgan fingerprint density at radius 1 is 0.912 bits per heavy atom. The maximum Gasteiger partial charge on any atom is 0.408 e. The molecular weight excluding hydrogens is 434 g/mol. The molecule has 0 unspecified atom stereocenters. The summed E-state index contributed by atoms with van der Waals surface area (Å²) in [4.78, 5) is 36.1. The zero-order chi connectivity index (χ0) is 24.5. The molecule has 0 heterocycles. The molecule has 8 nitrogen and oxygen atoms in total. The van der Waals surface area contributed by atoms with Crippen LogP contribution in [0.2, 0.25) is 0 Å². The van der Waals surface area contributed by atoms with Crippen molar-refractivity contribution in [1.82, 2.24) is 5.32 Å². The SMILES string of the molecule is CC(C)c1ccccc1NC(=O)[C@@H](Cc1ccc([N+](=O)[O-])cc1)NC(=O)OCc1ccccc1. The molecule has 0 aliphatic rings. The lowest BCUT2D eigenvalue weighted by Gasteiger charge is -2.20. The van der Waals surface area contributed by atoms with E-state index in [0.717, 1.165) is 11.1 Å². The molecule has 2 amide bonds. The number of alkyl carbamates (subject to hydrolysis) is 1. The van der Waals surface area contributed by atoms with Crippen molar-refractivity contribution in [3.05, 3.63) is 106 Å². The van der Waals surface area contributed by atoms with E-state index in [2.05, 4.69) is 10.6 Å². The minimum Gasteiger partial charge on any atom is -0.445 e. The molecule has 0 radical (unpaired) electrons. The quantitative estimate of drug-likeness (QED) is 0.336. The third-order valence-electron chi connectivity index (χ3n) is 5.25. The van der Waals surface area contributed by atoms with Crippen LogP contribution in [-0.4, -0.2) is 23.0 Å². The number of nitrogens with zero attached hydrogens (tertiary/aromatic N) is 1. The van der Waals surface area contributed by atoms with Crippen LogP contribution < -0.4 is 10.6 Å². The van der Waals surface area contributed by atoms with Crippen molar-refractivity contribution >= 4 is 23.4 Å². The van der Waals surface area contributed by atoms with Crippen LogP contribution in [-0.2, 0) is 22.6 Å². The van der Waals surface area contributed by atoms with Crippen LogP contribution in [0, 0.1) is 10.1 Å². The number of carbonyl (C=O) groups is 2. The zero-order valence-electron chi connectivity index (χ0n) is 19.1. The van der Waals surface area contributed by atoms with Gasteiger partial charge in [-0.05, 0) is 28.7 Å². The normalized spacial score (nSPS) is 11.5. The largest absolute Gasteiger partial charge is 0.445 e. The number of nitro groups is 1. The van der Waals surface area contributed by atoms with Gasteiger partial charge in [-0.15, -0.1) is 0 Å². The van der Waals surface area contributed by atoms with Crippen LogP contribution in [0.5, 0.6) is 0 Å². The van der Waals surface area contributed by atoms with Gasteiger partial charge in [-0.3, -0.25) is 14.9 Å². The summed E-state index contributed by atoms with van der Waals surface area (Å²) in [6.07, 6.45) is -0.600. The summed E-state index contributed by atoms with van der Waals surface area (Å²) in [7, 11) is 0. The smallest absolute Gasteiger partial charge is 0.408 e. The Hall–Kier alpha value is -4.20. The number of non-ortho nitro benzene ring substituents is 1. The summed E-state index contributed by atoms with van der Waals surface area (Å²) in [5, 5.41) is 16.5. The molecule has 8 heteroatoms. The highest BCUT2D eigenvalue weighted by Gasteiger charge is 2.23. The van der Waals surface area contributed by atoms with Crippen LogP contribution in [0.3, 0.4) is 0 Å². The van der Waals surface area contributed by atoms with Gasteiger partial charge in [-0.2, -0.15) is 0 Å². The van der Waals surface area contributed by atoms with Crippen molar-refractivity contribution in [2.45, 2.75) is 38.8 Å². The standard InChI is InChI=1S/C26H27N3O5/c1-18(2)22-10-6-7-11-23(22)27-25(30)24(16-19-12-14-21(15-13-19)29(32)33)28-26(31)34-17-20-8-4-3-5-9-20/h3-15,18,24H,16-17H2,1-2H3,(H,27,30)(H,28,31)/t24-/m1/s1. The number of carbonyl (C=O) groups excluding carboxylic acids is 2. The Morgan fingerprint density at radius 3 is 2.21 bits per heavy atom. The minimum absolute atomic E-state index is 0.0501. The number of hydrogen-bond donors (Lipinski definition) is 2. The first-order valence-electron chi connectivity index (χ1n) is 10.9. The third-order valence-corrected chi connectivity index (χ3v) is 5.25. The molecule has 1 atom stereocenters. The summed E-state index contributed by atoms with van der Waals surface area (Å²) in [6.45, 7) is 4.12. The Labute approximate surface area is 198 Å². The Bertz CT molecular complexity index is 1130. The number of nitrogens with one attached hydrogen (secondary N) is 2. The van der Waals surface area contributed by atoms with Gasteiger partial charge in [-0.1, -0.05) is 74.5 Å². The number of para-hydroxylation sites is 1. The lowest BCUT2D eigenvalue weighted by atomic mass is 10.0. The first kappa shape index (κ1) is 24.4. The highest BCUT2D eigenvalue weighted by Crippen LogP contribution is 2.24. The molecule has 0 aliphatic carbocycles. The fourth-order valence-electron chi connectivity index (χ4n) is 3.44. The number of ether oxygens (including phenoxy) is 1. The van der Waals surface area contributed by atoms with Crippen LogP contribution in [0.15, 0.2) is 78.9 Å². The van der Waals surface area contributed by atoms with Crippen LogP contribution in [0.1, 0.15) is 36.5 Å². The minimum atomic E-state index is -0.954. The average molecular weight is 462 g/mol. The van der Waals surface area contributed by atoms with Gasteiger partial charge in [0, 0.05) is 24.2 Å². The van der Waals surface area contributed by atoms with Gasteiger partial charge in [0.1, 0.15) is 12.6 Å². The molecular formula is C26H27N3O5. The Kier molecular flexibility index (Phi) is 8.34. The number of amides is 2. The first-order valence-corrected chi connectivity index (χ1v) is 10.9. The predicted molar refractivity (Wildman–Crippen MR) is 130 cm³/mol. The van der Waals surface area contributed by atoms with E-state index in [0.29, 0.717) is 11.3 Å². The van der Waals surface area contributed by atoms with Crippen LogP contribution in [0.25, 0.3) is 0 Å². The second-order valence-corrected chi connectivity index (χ2v) is 8.12. The molecule has 3 rings (SSSR count). The van der Waals surface area contributed by atoms with E-state index in [1.54, 1.807) is 12.1 Å². The van der Waals surface area contributed by atoms with E-state index in [-0.39, 0.29) is 24.6 Å². The van der Waals surface area contributed by atoms with Crippen LogP contribution >= 0.6 is 0 Å². The monoisotopic (exact) mass is 461 g/mol. The maximum atomic E-state index is 13.2. The summed E-state index contributed by atoms with van der Waals surface area (Å²) < 4.78 is 5.29. The molecule has 0 saturated carbocycles. The summed E-state index contributed by atoms with van der Waals surface area (Å²) >= 11 is 0. The average Bonchev–Trinajstić information content (AvgIpc) is 2.83. The van der Waals surface area contributed by atoms with E-state index < -0.39 is 23.0 Å². The third kappa shape index (κ3) is 6.90.